The molecule has 0 bridgehead atoms. The van der Waals surface area contributed by atoms with Crippen LogP contribution >= 0.6 is 0 Å². The standard InChI is InChI=1S/C8H13N2O/c1-6(2)8(11-3)7-4-5-9-10-7/h4,6,8H,1-3H3,(H,9,10). The lowest BCUT2D eigenvalue weighted by molar-refractivity contribution is 0.0611. The fraction of sp³-hybridized carbons (Fsp3) is 0.625. The molecule has 0 spiro atoms. The van der Waals surface area contributed by atoms with Crippen molar-refractivity contribution in [2.24, 2.45) is 5.92 Å². The molecule has 1 heterocycles. The van der Waals surface area contributed by atoms with Gasteiger partial charge in [-0.1, -0.05) is 13.8 Å². The zero-order valence-corrected chi connectivity index (χ0v) is 7.09. The van der Waals surface area contributed by atoms with E-state index in [1.807, 2.05) is 6.07 Å². The van der Waals surface area contributed by atoms with E-state index in [-0.39, 0.29) is 6.10 Å². The van der Waals surface area contributed by atoms with Crippen molar-refractivity contribution < 1.29 is 4.74 Å². The number of ether oxygens (including phenoxy) is 1. The molecule has 0 amide bonds. The van der Waals surface area contributed by atoms with Crippen LogP contribution in [0.2, 0.25) is 0 Å². The van der Waals surface area contributed by atoms with Gasteiger partial charge in [0.25, 0.3) is 0 Å². The normalized spacial score (nSPS) is 13.8. The van der Waals surface area contributed by atoms with E-state index in [9.17, 15) is 0 Å². The van der Waals surface area contributed by atoms with E-state index in [2.05, 4.69) is 30.2 Å². The molecule has 1 rings (SSSR count). The lowest BCUT2D eigenvalue weighted by atomic mass is 10.0. The lowest BCUT2D eigenvalue weighted by Gasteiger charge is -2.16. The Hall–Kier alpha value is -0.830. The minimum atomic E-state index is 0.105. The van der Waals surface area contributed by atoms with Crippen molar-refractivity contribution in [2.45, 2.75) is 20.0 Å². The number of nitrogens with zero attached hydrogens (tertiary/aromatic N) is 1. The molecule has 0 aliphatic rings. The van der Waals surface area contributed by atoms with E-state index in [0.717, 1.165) is 5.69 Å². The zero-order valence-electron chi connectivity index (χ0n) is 7.09. The van der Waals surface area contributed by atoms with Crippen molar-refractivity contribution >= 4 is 0 Å². The largest absolute Gasteiger partial charge is 0.375 e. The van der Waals surface area contributed by atoms with Gasteiger partial charge in [0.15, 0.2) is 0 Å². The second-order valence-corrected chi connectivity index (χ2v) is 2.85. The summed E-state index contributed by atoms with van der Waals surface area (Å²) in [6, 6.07) is 1.81. The van der Waals surface area contributed by atoms with Crippen molar-refractivity contribution in [3.05, 3.63) is 18.0 Å². The van der Waals surface area contributed by atoms with Gasteiger partial charge in [-0.25, -0.2) is 0 Å². The summed E-state index contributed by atoms with van der Waals surface area (Å²) in [6.07, 6.45) is 2.82. The van der Waals surface area contributed by atoms with Gasteiger partial charge >= 0.3 is 0 Å². The van der Waals surface area contributed by atoms with Gasteiger partial charge in [0.1, 0.15) is 12.3 Å². The smallest absolute Gasteiger partial charge is 0.113 e. The molecule has 1 N–H and O–H groups in total. The summed E-state index contributed by atoms with van der Waals surface area (Å²) in [5, 5.41) is 6.58. The van der Waals surface area contributed by atoms with Crippen LogP contribution in [0.1, 0.15) is 25.6 Å². The van der Waals surface area contributed by atoms with Crippen LogP contribution in [0, 0.1) is 12.1 Å². The molecule has 1 aromatic rings. The summed E-state index contributed by atoms with van der Waals surface area (Å²) in [4.78, 5) is 0. The average molecular weight is 153 g/mol. The fourth-order valence-electron chi connectivity index (χ4n) is 1.13. The predicted molar refractivity (Wildman–Crippen MR) is 42.0 cm³/mol. The second kappa shape index (κ2) is 3.53. The summed E-state index contributed by atoms with van der Waals surface area (Å²) >= 11 is 0. The molecule has 11 heavy (non-hydrogen) atoms. The summed E-state index contributed by atoms with van der Waals surface area (Å²) in [5.41, 5.74) is 0.988. The average Bonchev–Trinajstić information content (AvgIpc) is 2.40. The highest BCUT2D eigenvalue weighted by atomic mass is 16.5. The first-order chi connectivity index (χ1) is 5.25. The molecule has 1 aromatic heterocycles. The molecule has 0 saturated carbocycles. The van der Waals surface area contributed by atoms with E-state index in [1.165, 1.54) is 0 Å². The van der Waals surface area contributed by atoms with Crippen molar-refractivity contribution in [1.29, 1.82) is 0 Å². The van der Waals surface area contributed by atoms with Gasteiger partial charge in [-0.2, -0.15) is 5.10 Å². The number of aromatic nitrogens is 2. The molecule has 1 atom stereocenters. The Morgan fingerprint density at radius 3 is 2.73 bits per heavy atom. The number of nitrogens with one attached hydrogen (secondary N) is 1. The Morgan fingerprint density at radius 2 is 2.36 bits per heavy atom. The van der Waals surface area contributed by atoms with Gasteiger partial charge in [-0.05, 0) is 12.0 Å². The van der Waals surface area contributed by atoms with Gasteiger partial charge in [0, 0.05) is 7.11 Å². The predicted octanol–water partition coefficient (Wildman–Crippen LogP) is 1.55. The summed E-state index contributed by atoms with van der Waals surface area (Å²) < 4.78 is 5.26. The molecular weight excluding hydrogens is 140 g/mol. The molecule has 1 radical (unpaired) electrons. The number of hydrogen-bond acceptors (Lipinski definition) is 2. The maximum atomic E-state index is 5.26. The highest BCUT2D eigenvalue weighted by molar-refractivity contribution is 5.01. The Balaban J connectivity index is 2.71. The van der Waals surface area contributed by atoms with Gasteiger partial charge in [-0.15, -0.1) is 0 Å². The Labute approximate surface area is 66.8 Å². The lowest BCUT2D eigenvalue weighted by Crippen LogP contribution is -2.09. The highest BCUT2D eigenvalue weighted by Crippen LogP contribution is 2.21. The molecule has 1 unspecified atom stereocenters. The van der Waals surface area contributed by atoms with Crippen LogP contribution in [0.25, 0.3) is 0 Å². The van der Waals surface area contributed by atoms with Crippen molar-refractivity contribution in [3.8, 4) is 0 Å². The molecule has 0 aliphatic carbocycles. The van der Waals surface area contributed by atoms with Gasteiger partial charge in [0.05, 0.1) is 5.69 Å². The molecule has 3 nitrogen and oxygen atoms in total. The molecular formula is C8H13N2O. The number of hydrogen-bond donors (Lipinski definition) is 1. The molecule has 0 aliphatic heterocycles. The summed E-state index contributed by atoms with van der Waals surface area (Å²) in [6.45, 7) is 4.21. The number of H-pyrrole nitrogens is 1. The van der Waals surface area contributed by atoms with Crippen molar-refractivity contribution in [3.63, 3.8) is 0 Å². The van der Waals surface area contributed by atoms with Crippen LogP contribution in [0.15, 0.2) is 6.07 Å². The van der Waals surface area contributed by atoms with E-state index in [4.69, 9.17) is 4.74 Å². The van der Waals surface area contributed by atoms with Crippen molar-refractivity contribution in [1.82, 2.24) is 10.2 Å². The first kappa shape index (κ1) is 8.27. The first-order valence-electron chi connectivity index (χ1n) is 3.70. The second-order valence-electron chi connectivity index (χ2n) is 2.85. The van der Waals surface area contributed by atoms with Crippen LogP contribution in [-0.2, 0) is 4.74 Å². The Bertz CT molecular complexity index is 194. The van der Waals surface area contributed by atoms with Crippen LogP contribution in [0.3, 0.4) is 0 Å². The van der Waals surface area contributed by atoms with Crippen molar-refractivity contribution in [2.75, 3.05) is 7.11 Å². The van der Waals surface area contributed by atoms with Crippen LogP contribution in [0.5, 0.6) is 0 Å². The van der Waals surface area contributed by atoms with Gasteiger partial charge < -0.3 is 4.74 Å². The van der Waals surface area contributed by atoms with Gasteiger partial charge in [-0.3, -0.25) is 5.10 Å². The van der Waals surface area contributed by atoms with Crippen LogP contribution in [0.4, 0.5) is 0 Å². The maximum Gasteiger partial charge on any atom is 0.113 e. The van der Waals surface area contributed by atoms with E-state index in [0.29, 0.717) is 5.92 Å². The topological polar surface area (TPSA) is 37.9 Å². The fourth-order valence-corrected chi connectivity index (χ4v) is 1.13. The number of aromatic amines is 1. The van der Waals surface area contributed by atoms with Gasteiger partial charge in [0.2, 0.25) is 0 Å². The number of methoxy groups -OCH3 is 1. The third-order valence-corrected chi connectivity index (χ3v) is 1.64. The molecule has 61 valence electrons. The minimum Gasteiger partial charge on any atom is -0.375 e. The Kier molecular flexibility index (Phi) is 2.65. The van der Waals surface area contributed by atoms with Crippen LogP contribution < -0.4 is 0 Å². The first-order valence-corrected chi connectivity index (χ1v) is 3.70. The summed E-state index contributed by atoms with van der Waals surface area (Å²) in [7, 11) is 1.70. The molecule has 3 heteroatoms. The third kappa shape index (κ3) is 1.80. The minimum absolute atomic E-state index is 0.105. The Morgan fingerprint density at radius 1 is 1.64 bits per heavy atom. The molecule has 0 saturated heterocycles. The highest BCUT2D eigenvalue weighted by Gasteiger charge is 2.15. The summed E-state index contributed by atoms with van der Waals surface area (Å²) in [5.74, 6) is 0.453. The maximum absolute atomic E-state index is 5.26. The SMILES string of the molecule is COC(c1c[c]n[nH]1)C(C)C. The van der Waals surface area contributed by atoms with E-state index >= 15 is 0 Å². The van der Waals surface area contributed by atoms with E-state index in [1.54, 1.807) is 7.11 Å². The molecule has 0 aromatic carbocycles. The molecule has 0 fully saturated rings. The monoisotopic (exact) mass is 153 g/mol. The third-order valence-electron chi connectivity index (χ3n) is 1.64. The quantitative estimate of drug-likeness (QED) is 0.715. The van der Waals surface area contributed by atoms with Crippen LogP contribution in [-0.4, -0.2) is 17.3 Å². The van der Waals surface area contributed by atoms with E-state index < -0.39 is 0 Å². The zero-order chi connectivity index (χ0) is 8.27. The number of rotatable bonds is 3.